The van der Waals surface area contributed by atoms with E-state index < -0.39 is 28.7 Å². The van der Waals surface area contributed by atoms with Crippen molar-refractivity contribution in [1.82, 2.24) is 4.90 Å². The van der Waals surface area contributed by atoms with Crippen molar-refractivity contribution in [3.8, 4) is 0 Å². The van der Waals surface area contributed by atoms with Gasteiger partial charge in [-0.15, -0.1) is 0 Å². The zero-order valence-corrected chi connectivity index (χ0v) is 36.0. The third-order valence-corrected chi connectivity index (χ3v) is 10.3. The maximum atomic E-state index is 12.9. The molecule has 56 heavy (non-hydrogen) atoms. The molecule has 1 aromatic carbocycles. The molecule has 2 unspecified atom stereocenters. The van der Waals surface area contributed by atoms with Crippen LogP contribution in [0.1, 0.15) is 175 Å². The van der Waals surface area contributed by atoms with Gasteiger partial charge in [0.15, 0.2) is 5.92 Å². The molecule has 0 fully saturated rings. The largest absolute Gasteiger partial charge is 0.465 e. The molecule has 2 atom stereocenters. The third kappa shape index (κ3) is 23.8. The summed E-state index contributed by atoms with van der Waals surface area (Å²) >= 11 is 0. The summed E-state index contributed by atoms with van der Waals surface area (Å²) in [5.41, 5.74) is -0.192. The number of esters is 3. The van der Waals surface area contributed by atoms with E-state index in [1.54, 1.807) is 7.05 Å². The van der Waals surface area contributed by atoms with E-state index in [-0.39, 0.29) is 12.1 Å². The second-order valence-corrected chi connectivity index (χ2v) is 15.3. The number of nitrogens with zero attached hydrogens (tertiary/aromatic N) is 1. The fourth-order valence-electron chi connectivity index (χ4n) is 6.80. The molecule has 11 nitrogen and oxygen atoms in total. The van der Waals surface area contributed by atoms with Gasteiger partial charge in [0.25, 0.3) is 10.9 Å². The third-order valence-electron chi connectivity index (χ3n) is 10.3. The first-order valence-corrected chi connectivity index (χ1v) is 22.3. The Hall–Kier alpha value is -3.21. The lowest BCUT2D eigenvalue weighted by Gasteiger charge is -2.23. The number of unbranched alkanes of at least 4 members (excludes halogenated alkanes) is 14. The van der Waals surface area contributed by atoms with Crippen LogP contribution in [0.5, 0.6) is 0 Å². The van der Waals surface area contributed by atoms with Gasteiger partial charge in [-0.1, -0.05) is 103 Å². The van der Waals surface area contributed by atoms with Crippen LogP contribution in [0.3, 0.4) is 0 Å². The fourth-order valence-corrected chi connectivity index (χ4v) is 6.80. The number of ether oxygens (including phenoxy) is 3. The standard InChI is InChI=1S/C45H79N3O8/c1-6-9-12-20-28-37(4)56-39(49)30-22-16-15-18-23-32-48(34-27-31-47-41-40(46-5)42(50)43(41)51)33-24-19-17-21-29-38(44(52)54-35-25-13-10-7-2)45(53)55-36-26-14-11-8-3/h7,10,37-38,46-47H,6,8-9,11-36H2,1-5H3/b10-7+. The van der Waals surface area contributed by atoms with Crippen molar-refractivity contribution in [1.29, 1.82) is 0 Å². The molecule has 0 radical (unpaired) electrons. The van der Waals surface area contributed by atoms with E-state index in [2.05, 4.69) is 29.4 Å². The topological polar surface area (TPSA) is 140 Å². The Morgan fingerprint density at radius 1 is 0.661 bits per heavy atom. The van der Waals surface area contributed by atoms with E-state index in [9.17, 15) is 24.0 Å². The van der Waals surface area contributed by atoms with Crippen LogP contribution >= 0.6 is 0 Å². The van der Waals surface area contributed by atoms with Gasteiger partial charge in [-0.25, -0.2) is 0 Å². The number of hydrogen-bond acceptors (Lipinski definition) is 11. The van der Waals surface area contributed by atoms with Crippen molar-refractivity contribution in [2.24, 2.45) is 5.92 Å². The van der Waals surface area contributed by atoms with E-state index in [4.69, 9.17) is 14.2 Å². The summed E-state index contributed by atoms with van der Waals surface area (Å²) in [6.45, 7) is 12.3. The summed E-state index contributed by atoms with van der Waals surface area (Å²) < 4.78 is 16.6. The summed E-state index contributed by atoms with van der Waals surface area (Å²) in [5, 5.41) is 5.95. The predicted molar refractivity (Wildman–Crippen MR) is 229 cm³/mol. The van der Waals surface area contributed by atoms with Crippen molar-refractivity contribution >= 4 is 29.3 Å². The minimum Gasteiger partial charge on any atom is -0.465 e. The minimum absolute atomic E-state index is 0.00291. The van der Waals surface area contributed by atoms with Gasteiger partial charge >= 0.3 is 17.9 Å². The van der Waals surface area contributed by atoms with E-state index in [1.807, 2.05) is 26.0 Å². The van der Waals surface area contributed by atoms with E-state index in [0.29, 0.717) is 44.0 Å². The Morgan fingerprint density at radius 2 is 1.20 bits per heavy atom. The first kappa shape index (κ1) is 50.8. The lowest BCUT2D eigenvalue weighted by Crippen LogP contribution is -2.37. The lowest BCUT2D eigenvalue weighted by molar-refractivity contribution is -0.162. The number of carbonyl (C=O) groups is 3. The molecule has 11 heteroatoms. The summed E-state index contributed by atoms with van der Waals surface area (Å²) in [4.78, 5) is 64.2. The molecule has 322 valence electrons. The lowest BCUT2D eigenvalue weighted by atomic mass is 10.0. The quantitative estimate of drug-likeness (QED) is 0.0165. The molecule has 0 saturated heterocycles. The first-order valence-electron chi connectivity index (χ1n) is 22.3. The predicted octanol–water partition coefficient (Wildman–Crippen LogP) is 9.26. The Balaban J connectivity index is 2.53. The summed E-state index contributed by atoms with van der Waals surface area (Å²) in [6, 6.07) is 0. The maximum absolute atomic E-state index is 12.9. The van der Waals surface area contributed by atoms with Crippen LogP contribution in [-0.4, -0.2) is 75.4 Å². The minimum atomic E-state index is -0.877. The number of rotatable bonds is 38. The van der Waals surface area contributed by atoms with Gasteiger partial charge in [-0.05, 0) is 97.7 Å². The highest BCUT2D eigenvalue weighted by Gasteiger charge is 2.29. The Labute approximate surface area is 339 Å². The molecule has 1 rings (SSSR count). The average molecular weight is 790 g/mol. The Bertz CT molecular complexity index is 1270. The molecule has 0 heterocycles. The van der Waals surface area contributed by atoms with Crippen LogP contribution in [0.25, 0.3) is 0 Å². The molecule has 2 N–H and O–H groups in total. The van der Waals surface area contributed by atoms with E-state index >= 15 is 0 Å². The molecule has 0 amide bonds. The average Bonchev–Trinajstić information content (AvgIpc) is 3.18. The molecule has 0 spiro atoms. The molecule has 0 saturated carbocycles. The zero-order chi connectivity index (χ0) is 41.2. The van der Waals surface area contributed by atoms with E-state index in [0.717, 1.165) is 135 Å². The summed E-state index contributed by atoms with van der Waals surface area (Å²) in [6.07, 6.45) is 25.7. The number of anilines is 2. The molecule has 0 aromatic heterocycles. The highest BCUT2D eigenvalue weighted by Crippen LogP contribution is 2.18. The molecule has 0 aliphatic heterocycles. The molecule has 1 aromatic rings. The zero-order valence-electron chi connectivity index (χ0n) is 36.0. The van der Waals surface area contributed by atoms with Crippen LogP contribution in [-0.2, 0) is 28.6 Å². The van der Waals surface area contributed by atoms with Gasteiger partial charge < -0.3 is 29.7 Å². The van der Waals surface area contributed by atoms with Crippen LogP contribution in [0.4, 0.5) is 11.4 Å². The summed E-state index contributed by atoms with van der Waals surface area (Å²) in [5.74, 6) is -1.90. The van der Waals surface area contributed by atoms with Crippen LogP contribution in [0.15, 0.2) is 21.7 Å². The van der Waals surface area contributed by atoms with Crippen LogP contribution in [0.2, 0.25) is 0 Å². The van der Waals surface area contributed by atoms with Crippen LogP contribution < -0.4 is 21.5 Å². The van der Waals surface area contributed by atoms with Crippen molar-refractivity contribution in [2.75, 3.05) is 57.1 Å². The molecule has 0 bridgehead atoms. The van der Waals surface area contributed by atoms with Crippen molar-refractivity contribution in [3.05, 3.63) is 32.6 Å². The number of carbonyl (C=O) groups excluding carboxylic acids is 3. The number of nitrogens with one attached hydrogen (secondary N) is 2. The van der Waals surface area contributed by atoms with Gasteiger partial charge in [0.05, 0.1) is 19.3 Å². The van der Waals surface area contributed by atoms with Crippen LogP contribution in [0, 0.1) is 5.92 Å². The summed E-state index contributed by atoms with van der Waals surface area (Å²) in [7, 11) is 1.65. The smallest absolute Gasteiger partial charge is 0.320 e. The van der Waals surface area contributed by atoms with Gasteiger partial charge in [-0.3, -0.25) is 24.0 Å². The van der Waals surface area contributed by atoms with Crippen molar-refractivity contribution in [2.45, 2.75) is 181 Å². The number of allylic oxidation sites excluding steroid dienone is 2. The van der Waals surface area contributed by atoms with Gasteiger partial charge in [0.2, 0.25) is 0 Å². The highest BCUT2D eigenvalue weighted by atomic mass is 16.6. The van der Waals surface area contributed by atoms with Gasteiger partial charge in [0.1, 0.15) is 11.4 Å². The molecular weight excluding hydrogens is 711 g/mol. The van der Waals surface area contributed by atoms with Crippen molar-refractivity contribution in [3.63, 3.8) is 0 Å². The normalized spacial score (nSPS) is 12.6. The Kier molecular flexibility index (Phi) is 30.7. The highest BCUT2D eigenvalue weighted by molar-refractivity contribution is 5.94. The first-order chi connectivity index (χ1) is 27.2. The van der Waals surface area contributed by atoms with Gasteiger partial charge in [-0.2, -0.15) is 0 Å². The Morgan fingerprint density at radius 3 is 1.84 bits per heavy atom. The SMILES string of the molecule is C/C=C/CCCOC(=O)C(CCCCCCN(CCCCCCCC(=O)OC(C)CCCCCC)CCCNc1c(NC)c(=O)c1=O)C(=O)OCCCCCC. The van der Waals surface area contributed by atoms with E-state index in [1.165, 1.54) is 19.3 Å². The van der Waals surface area contributed by atoms with Gasteiger partial charge in [0, 0.05) is 20.0 Å². The second-order valence-electron chi connectivity index (χ2n) is 15.3. The second kappa shape index (κ2) is 33.9. The molecule has 0 aliphatic carbocycles. The molecular formula is C45H79N3O8. The molecule has 0 aliphatic rings. The number of hydrogen-bond donors (Lipinski definition) is 2. The van der Waals surface area contributed by atoms with Crippen molar-refractivity contribution < 1.29 is 28.6 Å². The monoisotopic (exact) mass is 790 g/mol. The fraction of sp³-hybridized carbons (Fsp3) is 0.800. The maximum Gasteiger partial charge on any atom is 0.320 e.